The number of carbonyl (C=O) groups excluding carboxylic acids is 1. The molecular weight excluding hydrogens is 248 g/mol. The molecule has 0 heterocycles. The Labute approximate surface area is 124 Å². The molecule has 2 heteroatoms. The van der Waals surface area contributed by atoms with Crippen molar-refractivity contribution in [1.82, 2.24) is 0 Å². The highest BCUT2D eigenvalue weighted by molar-refractivity contribution is 5.77. The summed E-state index contributed by atoms with van der Waals surface area (Å²) in [5, 5.41) is 0. The molecule has 0 atom stereocenters. The van der Waals surface area contributed by atoms with Crippen molar-refractivity contribution in [2.75, 3.05) is 6.61 Å². The van der Waals surface area contributed by atoms with Crippen molar-refractivity contribution in [3.63, 3.8) is 0 Å². The van der Waals surface area contributed by atoms with E-state index in [0.29, 0.717) is 6.61 Å². The van der Waals surface area contributed by atoms with E-state index >= 15 is 0 Å². The van der Waals surface area contributed by atoms with E-state index in [1.807, 2.05) is 24.3 Å². The predicted octanol–water partition coefficient (Wildman–Crippen LogP) is 5.19. The molecule has 0 N–H and O–H groups in total. The molecule has 2 nitrogen and oxygen atoms in total. The average molecular weight is 278 g/mol. The van der Waals surface area contributed by atoms with Crippen molar-refractivity contribution in [1.29, 1.82) is 0 Å². The maximum Gasteiger partial charge on any atom is 0.316 e. The monoisotopic (exact) mass is 278 g/mol. The number of carbonyl (C=O) groups is 1. The van der Waals surface area contributed by atoms with Gasteiger partial charge in [0.25, 0.3) is 0 Å². The van der Waals surface area contributed by atoms with Crippen LogP contribution in [0.3, 0.4) is 0 Å². The molecule has 0 aromatic carbocycles. The van der Waals surface area contributed by atoms with Gasteiger partial charge < -0.3 is 4.74 Å². The Morgan fingerprint density at radius 2 is 1.35 bits per heavy atom. The fourth-order valence-electron chi connectivity index (χ4n) is 2.45. The topological polar surface area (TPSA) is 26.3 Å². The van der Waals surface area contributed by atoms with E-state index in [1.54, 1.807) is 0 Å². The molecule has 1 aliphatic carbocycles. The standard InChI is InChI=1S/C18H30O2/c1-2-3-4-5-6-7-8-9-10-13-16-20-18(19)17-14-11-12-15-17/h11-12,14-15,17H,2-10,13,16H2,1H3. The second-order valence-corrected chi connectivity index (χ2v) is 5.65. The summed E-state index contributed by atoms with van der Waals surface area (Å²) in [5.41, 5.74) is 0. The minimum Gasteiger partial charge on any atom is -0.465 e. The van der Waals surface area contributed by atoms with Gasteiger partial charge in [0.1, 0.15) is 0 Å². The van der Waals surface area contributed by atoms with Crippen LogP contribution in [0.2, 0.25) is 0 Å². The van der Waals surface area contributed by atoms with Crippen LogP contribution < -0.4 is 0 Å². The largest absolute Gasteiger partial charge is 0.465 e. The number of esters is 1. The predicted molar refractivity (Wildman–Crippen MR) is 84.6 cm³/mol. The van der Waals surface area contributed by atoms with Crippen LogP contribution in [-0.2, 0) is 9.53 Å². The lowest BCUT2D eigenvalue weighted by molar-refractivity contribution is -0.145. The van der Waals surface area contributed by atoms with Crippen LogP contribution in [0.5, 0.6) is 0 Å². The maximum absolute atomic E-state index is 11.6. The third kappa shape index (κ3) is 8.19. The summed E-state index contributed by atoms with van der Waals surface area (Å²) in [5.74, 6) is -0.246. The molecule has 0 radical (unpaired) electrons. The van der Waals surface area contributed by atoms with Gasteiger partial charge in [-0.05, 0) is 6.42 Å². The summed E-state index contributed by atoms with van der Waals surface area (Å²) in [4.78, 5) is 11.6. The van der Waals surface area contributed by atoms with Crippen molar-refractivity contribution in [3.05, 3.63) is 24.3 Å². The molecule has 20 heavy (non-hydrogen) atoms. The molecule has 1 aliphatic rings. The van der Waals surface area contributed by atoms with Crippen molar-refractivity contribution in [2.45, 2.75) is 71.1 Å². The molecule has 0 saturated heterocycles. The smallest absolute Gasteiger partial charge is 0.316 e. The lowest BCUT2D eigenvalue weighted by atomic mass is 10.1. The molecule has 114 valence electrons. The van der Waals surface area contributed by atoms with Crippen molar-refractivity contribution < 1.29 is 9.53 Å². The third-order valence-corrected chi connectivity index (χ3v) is 3.76. The summed E-state index contributed by atoms with van der Waals surface area (Å²) >= 11 is 0. The number of rotatable bonds is 12. The zero-order valence-corrected chi connectivity index (χ0v) is 13.0. The first kappa shape index (κ1) is 17.0. The summed E-state index contributed by atoms with van der Waals surface area (Å²) < 4.78 is 5.26. The highest BCUT2D eigenvalue weighted by atomic mass is 16.5. The number of hydrogen-bond donors (Lipinski definition) is 0. The van der Waals surface area contributed by atoms with Crippen LogP contribution in [0.25, 0.3) is 0 Å². The van der Waals surface area contributed by atoms with Gasteiger partial charge in [-0.3, -0.25) is 4.79 Å². The molecule has 0 aliphatic heterocycles. The molecule has 0 unspecified atom stereocenters. The van der Waals surface area contributed by atoms with Crippen molar-refractivity contribution >= 4 is 5.97 Å². The van der Waals surface area contributed by atoms with E-state index in [9.17, 15) is 4.79 Å². The minimum absolute atomic E-state index is 0.106. The fourth-order valence-corrected chi connectivity index (χ4v) is 2.45. The third-order valence-electron chi connectivity index (χ3n) is 3.76. The Balaban J connectivity index is 1.79. The molecule has 0 fully saturated rings. The van der Waals surface area contributed by atoms with E-state index < -0.39 is 0 Å². The molecule has 1 rings (SSSR count). The van der Waals surface area contributed by atoms with Crippen LogP contribution in [0, 0.1) is 5.92 Å². The second-order valence-electron chi connectivity index (χ2n) is 5.65. The molecule has 0 aromatic rings. The van der Waals surface area contributed by atoms with Gasteiger partial charge in [-0.25, -0.2) is 0 Å². The Morgan fingerprint density at radius 3 is 1.90 bits per heavy atom. The van der Waals surface area contributed by atoms with Gasteiger partial charge in [-0.15, -0.1) is 0 Å². The molecular formula is C18H30O2. The highest BCUT2D eigenvalue weighted by Gasteiger charge is 2.14. The first-order valence-electron chi connectivity index (χ1n) is 8.36. The molecule has 0 spiro atoms. The number of allylic oxidation sites excluding steroid dienone is 2. The first-order valence-corrected chi connectivity index (χ1v) is 8.36. The first-order chi connectivity index (χ1) is 9.84. The van der Waals surface area contributed by atoms with Gasteiger partial charge in [0.15, 0.2) is 0 Å². The average Bonchev–Trinajstić information content (AvgIpc) is 2.99. The van der Waals surface area contributed by atoms with Crippen LogP contribution in [-0.4, -0.2) is 12.6 Å². The van der Waals surface area contributed by atoms with Gasteiger partial charge in [0.05, 0.1) is 12.5 Å². The van der Waals surface area contributed by atoms with E-state index in [1.165, 1.54) is 57.8 Å². The van der Waals surface area contributed by atoms with Gasteiger partial charge in [0, 0.05) is 0 Å². The van der Waals surface area contributed by atoms with Crippen molar-refractivity contribution in [2.24, 2.45) is 5.92 Å². The van der Waals surface area contributed by atoms with Gasteiger partial charge in [-0.2, -0.15) is 0 Å². The van der Waals surface area contributed by atoms with Crippen LogP contribution in [0.4, 0.5) is 0 Å². The Bertz CT molecular complexity index is 293. The Morgan fingerprint density at radius 1 is 0.850 bits per heavy atom. The zero-order chi connectivity index (χ0) is 14.5. The quantitative estimate of drug-likeness (QED) is 0.362. The van der Waals surface area contributed by atoms with Crippen LogP contribution >= 0.6 is 0 Å². The number of ether oxygens (including phenoxy) is 1. The lowest BCUT2D eigenvalue weighted by Crippen LogP contribution is -2.13. The Hall–Kier alpha value is -1.05. The van der Waals surface area contributed by atoms with Gasteiger partial charge >= 0.3 is 5.97 Å². The summed E-state index contributed by atoms with van der Waals surface area (Å²) in [7, 11) is 0. The Kier molecular flexibility index (Phi) is 9.99. The zero-order valence-electron chi connectivity index (χ0n) is 13.0. The van der Waals surface area contributed by atoms with Crippen molar-refractivity contribution in [3.8, 4) is 0 Å². The fraction of sp³-hybridized carbons (Fsp3) is 0.722. The lowest BCUT2D eigenvalue weighted by Gasteiger charge is -2.07. The highest BCUT2D eigenvalue weighted by Crippen LogP contribution is 2.12. The number of unbranched alkanes of at least 4 members (excludes halogenated alkanes) is 9. The SMILES string of the molecule is CCCCCCCCCCCCOC(=O)C1C=CC=C1. The second kappa shape index (κ2) is 11.7. The van der Waals surface area contributed by atoms with Crippen LogP contribution in [0.15, 0.2) is 24.3 Å². The molecule has 0 bridgehead atoms. The summed E-state index contributed by atoms with van der Waals surface area (Å²) in [6.07, 6.45) is 20.6. The summed E-state index contributed by atoms with van der Waals surface area (Å²) in [6, 6.07) is 0. The van der Waals surface area contributed by atoms with Crippen LogP contribution in [0.1, 0.15) is 71.1 Å². The normalized spacial score (nSPS) is 14.1. The maximum atomic E-state index is 11.6. The molecule has 0 saturated carbocycles. The van der Waals surface area contributed by atoms with E-state index in [2.05, 4.69) is 6.92 Å². The van der Waals surface area contributed by atoms with E-state index in [-0.39, 0.29) is 11.9 Å². The van der Waals surface area contributed by atoms with E-state index in [4.69, 9.17) is 4.74 Å². The molecule has 0 aromatic heterocycles. The summed E-state index contributed by atoms with van der Waals surface area (Å²) in [6.45, 7) is 2.83. The van der Waals surface area contributed by atoms with Gasteiger partial charge in [0.2, 0.25) is 0 Å². The minimum atomic E-state index is -0.141. The van der Waals surface area contributed by atoms with Gasteiger partial charge in [-0.1, -0.05) is 89.0 Å². The molecule has 0 amide bonds. The van der Waals surface area contributed by atoms with E-state index in [0.717, 1.165) is 6.42 Å². The number of hydrogen-bond acceptors (Lipinski definition) is 2.